The van der Waals surface area contributed by atoms with Crippen molar-refractivity contribution in [3.63, 3.8) is 0 Å². The number of rotatable bonds is 4. The number of nitrogens with one attached hydrogen (secondary N) is 1. The number of piperazine rings is 1. The van der Waals surface area contributed by atoms with Crippen molar-refractivity contribution in [1.29, 1.82) is 0 Å². The van der Waals surface area contributed by atoms with E-state index in [-0.39, 0.29) is 12.5 Å². The minimum atomic E-state index is -3.71. The molecule has 1 aliphatic rings. The molecule has 1 aromatic carbocycles. The van der Waals surface area contributed by atoms with Gasteiger partial charge in [-0.2, -0.15) is 4.31 Å². The van der Waals surface area contributed by atoms with E-state index in [0.29, 0.717) is 10.8 Å². The van der Waals surface area contributed by atoms with Gasteiger partial charge in [0.05, 0.1) is 0 Å². The van der Waals surface area contributed by atoms with Crippen LogP contribution in [0.2, 0.25) is 0 Å². The summed E-state index contributed by atoms with van der Waals surface area (Å²) in [5, 5.41) is 2.79. The molecule has 1 atom stereocenters. The Morgan fingerprint density at radius 3 is 2.67 bits per heavy atom. The Morgan fingerprint density at radius 1 is 1.25 bits per heavy atom. The lowest BCUT2D eigenvalue weighted by Gasteiger charge is -2.34. The molecule has 0 spiro atoms. The van der Waals surface area contributed by atoms with Crippen LogP contribution < -0.4 is 5.32 Å². The molecule has 1 aromatic heterocycles. The zero-order chi connectivity index (χ0) is 17.3. The van der Waals surface area contributed by atoms with E-state index in [9.17, 15) is 13.2 Å². The summed E-state index contributed by atoms with van der Waals surface area (Å²) in [5.41, 5.74) is 1.63. The Balaban J connectivity index is 2.06. The molecule has 0 bridgehead atoms. The Bertz CT molecular complexity index is 858. The maximum absolute atomic E-state index is 13.1. The number of benzene rings is 1. The smallest absolute Gasteiger partial charge is 0.253 e. The highest BCUT2D eigenvalue weighted by Crippen LogP contribution is 2.33. The summed E-state index contributed by atoms with van der Waals surface area (Å²) in [6.45, 7) is 4.48. The number of sulfonamides is 1. The Labute approximate surface area is 146 Å². The fraction of sp³-hybridized carbons (Fsp3) is 0.353. The van der Waals surface area contributed by atoms with Crippen molar-refractivity contribution in [2.75, 3.05) is 13.1 Å². The molecular weight excluding hydrogens is 344 g/mol. The number of aryl methyl sites for hydroxylation is 2. The van der Waals surface area contributed by atoms with Crippen molar-refractivity contribution in [2.24, 2.45) is 0 Å². The second-order valence-corrected chi connectivity index (χ2v) is 9.03. The van der Waals surface area contributed by atoms with Crippen LogP contribution in [0.4, 0.5) is 0 Å². The molecule has 3 rings (SSSR count). The topological polar surface area (TPSA) is 66.5 Å². The van der Waals surface area contributed by atoms with Crippen molar-refractivity contribution in [2.45, 2.75) is 30.5 Å². The van der Waals surface area contributed by atoms with Crippen LogP contribution >= 0.6 is 11.3 Å². The molecule has 0 unspecified atom stereocenters. The average molecular weight is 364 g/mol. The maximum atomic E-state index is 13.1. The van der Waals surface area contributed by atoms with E-state index in [4.69, 9.17) is 0 Å². The van der Waals surface area contributed by atoms with Crippen LogP contribution in [0.15, 0.2) is 40.6 Å². The first-order valence-corrected chi connectivity index (χ1v) is 10.1. The maximum Gasteiger partial charge on any atom is 0.253 e. The van der Waals surface area contributed by atoms with Gasteiger partial charge in [-0.25, -0.2) is 8.42 Å². The lowest BCUT2D eigenvalue weighted by molar-refractivity contribution is -0.126. The second kappa shape index (κ2) is 6.66. The van der Waals surface area contributed by atoms with Gasteiger partial charge in [-0.1, -0.05) is 31.2 Å². The largest absolute Gasteiger partial charge is 0.353 e. The van der Waals surface area contributed by atoms with Crippen LogP contribution in [0, 0.1) is 6.92 Å². The van der Waals surface area contributed by atoms with E-state index in [2.05, 4.69) is 5.32 Å². The SMILES string of the molecule is CCc1ccc(S(=O)(=O)N2CCNC(=O)[C@@H]2c2ccccc2C)s1. The highest BCUT2D eigenvalue weighted by molar-refractivity contribution is 7.91. The minimum Gasteiger partial charge on any atom is -0.353 e. The molecule has 24 heavy (non-hydrogen) atoms. The summed E-state index contributed by atoms with van der Waals surface area (Å²) in [4.78, 5) is 13.5. The van der Waals surface area contributed by atoms with Crippen LogP contribution in [0.1, 0.15) is 29.0 Å². The van der Waals surface area contributed by atoms with Crippen LogP contribution in [-0.4, -0.2) is 31.7 Å². The minimum absolute atomic E-state index is 0.270. The predicted octanol–water partition coefficient (Wildman–Crippen LogP) is 2.48. The van der Waals surface area contributed by atoms with E-state index >= 15 is 0 Å². The summed E-state index contributed by atoms with van der Waals surface area (Å²) in [5.74, 6) is -0.272. The van der Waals surface area contributed by atoms with Gasteiger partial charge in [-0.3, -0.25) is 4.79 Å². The second-order valence-electron chi connectivity index (χ2n) is 5.74. The molecule has 1 fully saturated rings. The van der Waals surface area contributed by atoms with Crippen molar-refractivity contribution < 1.29 is 13.2 Å². The van der Waals surface area contributed by atoms with Gasteiger partial charge in [0.25, 0.3) is 10.0 Å². The van der Waals surface area contributed by atoms with Crippen LogP contribution in [-0.2, 0) is 21.2 Å². The number of nitrogens with zero attached hydrogens (tertiary/aromatic N) is 1. The number of carbonyl (C=O) groups excluding carboxylic acids is 1. The third-order valence-corrected chi connectivity index (χ3v) is 7.76. The van der Waals surface area contributed by atoms with E-state index in [1.807, 2.05) is 44.2 Å². The summed E-state index contributed by atoms with van der Waals surface area (Å²) in [6, 6.07) is 10.1. The standard InChI is InChI=1S/C17H20N2O3S2/c1-3-13-8-9-15(23-13)24(21,22)19-11-10-18-17(20)16(19)14-7-5-4-6-12(14)2/h4-9,16H,3,10-11H2,1-2H3,(H,18,20)/t16-/m0/s1. The van der Waals surface area contributed by atoms with Crippen LogP contribution in [0.25, 0.3) is 0 Å². The molecule has 2 aromatic rings. The number of amides is 1. The normalized spacial score (nSPS) is 19.2. The molecule has 0 saturated carbocycles. The van der Waals surface area contributed by atoms with Gasteiger partial charge >= 0.3 is 0 Å². The summed E-state index contributed by atoms with van der Waals surface area (Å²) < 4.78 is 27.9. The molecule has 7 heteroatoms. The van der Waals surface area contributed by atoms with E-state index in [0.717, 1.165) is 22.4 Å². The van der Waals surface area contributed by atoms with Gasteiger partial charge in [-0.15, -0.1) is 11.3 Å². The number of carbonyl (C=O) groups is 1. The Kier molecular flexibility index (Phi) is 4.76. The van der Waals surface area contributed by atoms with Gasteiger partial charge in [0.1, 0.15) is 10.3 Å². The summed E-state index contributed by atoms with van der Waals surface area (Å²) in [7, 11) is -3.71. The predicted molar refractivity (Wildman–Crippen MR) is 94.5 cm³/mol. The Hall–Kier alpha value is -1.70. The molecule has 5 nitrogen and oxygen atoms in total. The van der Waals surface area contributed by atoms with Gasteiger partial charge in [0.2, 0.25) is 5.91 Å². The van der Waals surface area contributed by atoms with Gasteiger partial charge < -0.3 is 5.32 Å². The fourth-order valence-electron chi connectivity index (χ4n) is 2.90. The van der Waals surface area contributed by atoms with E-state index < -0.39 is 16.1 Å². The lowest BCUT2D eigenvalue weighted by atomic mass is 9.99. The average Bonchev–Trinajstić information content (AvgIpc) is 3.05. The molecular formula is C17H20N2O3S2. The molecule has 0 radical (unpaired) electrons. The highest BCUT2D eigenvalue weighted by Gasteiger charge is 2.40. The summed E-state index contributed by atoms with van der Waals surface area (Å²) in [6.07, 6.45) is 0.794. The molecule has 1 N–H and O–H groups in total. The third kappa shape index (κ3) is 2.99. The van der Waals surface area contributed by atoms with Gasteiger partial charge in [0, 0.05) is 18.0 Å². The molecule has 1 saturated heterocycles. The first-order chi connectivity index (χ1) is 11.4. The van der Waals surface area contributed by atoms with Crippen molar-refractivity contribution in [1.82, 2.24) is 9.62 Å². The van der Waals surface area contributed by atoms with Gasteiger partial charge in [0.15, 0.2) is 0 Å². The van der Waals surface area contributed by atoms with Crippen molar-refractivity contribution >= 4 is 27.3 Å². The first kappa shape index (κ1) is 17.1. The zero-order valence-corrected chi connectivity index (χ0v) is 15.3. The third-order valence-electron chi connectivity index (χ3n) is 4.20. The lowest BCUT2D eigenvalue weighted by Crippen LogP contribution is -2.52. The number of hydrogen-bond donors (Lipinski definition) is 1. The van der Waals surface area contributed by atoms with Gasteiger partial charge in [-0.05, 0) is 36.6 Å². The summed E-state index contributed by atoms with van der Waals surface area (Å²) >= 11 is 1.27. The molecule has 1 aliphatic heterocycles. The van der Waals surface area contributed by atoms with E-state index in [1.54, 1.807) is 6.07 Å². The highest BCUT2D eigenvalue weighted by atomic mass is 32.2. The van der Waals surface area contributed by atoms with Crippen molar-refractivity contribution in [3.05, 3.63) is 52.4 Å². The zero-order valence-electron chi connectivity index (χ0n) is 13.7. The molecule has 0 aliphatic carbocycles. The number of thiophene rings is 1. The molecule has 128 valence electrons. The quantitative estimate of drug-likeness (QED) is 0.906. The van der Waals surface area contributed by atoms with Crippen LogP contribution in [0.3, 0.4) is 0 Å². The Morgan fingerprint density at radius 2 is 2.00 bits per heavy atom. The molecule has 1 amide bonds. The monoisotopic (exact) mass is 364 g/mol. The molecule has 2 heterocycles. The van der Waals surface area contributed by atoms with Crippen LogP contribution in [0.5, 0.6) is 0 Å². The number of hydrogen-bond acceptors (Lipinski definition) is 4. The fourth-order valence-corrected chi connectivity index (χ4v) is 5.89. The van der Waals surface area contributed by atoms with E-state index in [1.165, 1.54) is 15.6 Å². The van der Waals surface area contributed by atoms with Crippen molar-refractivity contribution in [3.8, 4) is 0 Å². The first-order valence-electron chi connectivity index (χ1n) is 7.89.